The number of aryl methyl sites for hydroxylation is 1. The Bertz CT molecular complexity index is 379. The average molecular weight is 289 g/mol. The number of halogens is 2. The van der Waals surface area contributed by atoms with Gasteiger partial charge in [0.15, 0.2) is 0 Å². The summed E-state index contributed by atoms with van der Waals surface area (Å²) in [7, 11) is 0. The van der Waals surface area contributed by atoms with E-state index in [1.165, 1.54) is 6.07 Å². The Morgan fingerprint density at radius 2 is 2.25 bits per heavy atom. The van der Waals surface area contributed by atoms with Crippen LogP contribution in [0.25, 0.3) is 0 Å². The summed E-state index contributed by atoms with van der Waals surface area (Å²) in [5, 5.41) is 0. The molecule has 0 saturated heterocycles. The summed E-state index contributed by atoms with van der Waals surface area (Å²) in [6, 6.07) is 4.97. The van der Waals surface area contributed by atoms with Crippen LogP contribution < -0.4 is 0 Å². The van der Waals surface area contributed by atoms with Gasteiger partial charge in [-0.15, -0.1) is 0 Å². The molecule has 16 heavy (non-hydrogen) atoms. The highest BCUT2D eigenvalue weighted by molar-refractivity contribution is 9.10. The smallest absolute Gasteiger partial charge is 0.320 e. The molecule has 0 radical (unpaired) electrons. The monoisotopic (exact) mass is 288 g/mol. The van der Waals surface area contributed by atoms with Crippen LogP contribution in [0.3, 0.4) is 0 Å². The van der Waals surface area contributed by atoms with E-state index in [1.807, 2.05) is 13.0 Å². The lowest BCUT2D eigenvalue weighted by molar-refractivity contribution is -0.142. The number of carbonyl (C=O) groups excluding carboxylic acids is 1. The Labute approximate surface area is 103 Å². The molecule has 1 atom stereocenters. The van der Waals surface area contributed by atoms with Crippen molar-refractivity contribution in [1.82, 2.24) is 0 Å². The molecular weight excluding hydrogens is 275 g/mol. The third kappa shape index (κ3) is 3.59. The van der Waals surface area contributed by atoms with E-state index in [4.69, 9.17) is 4.74 Å². The normalized spacial score (nSPS) is 12.2. The maximum Gasteiger partial charge on any atom is 0.320 e. The molecule has 0 aromatic heterocycles. The van der Waals surface area contributed by atoms with Gasteiger partial charge in [-0.05, 0) is 37.5 Å². The van der Waals surface area contributed by atoms with Crippen molar-refractivity contribution in [3.05, 3.63) is 35.1 Å². The molecule has 1 rings (SSSR count). The Morgan fingerprint density at radius 1 is 1.56 bits per heavy atom. The molecule has 88 valence electrons. The van der Waals surface area contributed by atoms with Crippen molar-refractivity contribution in [3.63, 3.8) is 0 Å². The van der Waals surface area contributed by atoms with Crippen molar-refractivity contribution in [1.29, 1.82) is 0 Å². The molecule has 1 aromatic carbocycles. The average Bonchev–Trinajstić information content (AvgIpc) is 2.22. The Balaban J connectivity index is 2.69. The zero-order valence-corrected chi connectivity index (χ0v) is 10.9. The number of carbonyl (C=O) groups is 1. The lowest BCUT2D eigenvalue weighted by Gasteiger charge is -2.09. The molecule has 0 amide bonds. The molecule has 0 heterocycles. The first kappa shape index (κ1) is 13.2. The topological polar surface area (TPSA) is 26.3 Å². The van der Waals surface area contributed by atoms with E-state index in [1.54, 1.807) is 13.0 Å². The molecule has 0 N–H and O–H groups in total. The first-order valence-electron chi connectivity index (χ1n) is 5.10. The summed E-state index contributed by atoms with van der Waals surface area (Å²) >= 11 is 3.19. The molecule has 0 aliphatic carbocycles. The largest absolute Gasteiger partial charge is 0.465 e. The number of hydrogen-bond donors (Lipinski definition) is 0. The van der Waals surface area contributed by atoms with Crippen molar-refractivity contribution in [2.45, 2.75) is 25.1 Å². The third-order valence-corrected chi connectivity index (χ3v) is 2.85. The van der Waals surface area contributed by atoms with Crippen LogP contribution in [-0.2, 0) is 16.0 Å². The lowest BCUT2D eigenvalue weighted by atomic mass is 10.1. The summed E-state index contributed by atoms with van der Waals surface area (Å²) < 4.78 is 18.3. The van der Waals surface area contributed by atoms with Gasteiger partial charge in [0.2, 0.25) is 0 Å². The zero-order chi connectivity index (χ0) is 12.1. The van der Waals surface area contributed by atoms with Crippen LogP contribution in [0.4, 0.5) is 4.39 Å². The van der Waals surface area contributed by atoms with Gasteiger partial charge in [0.1, 0.15) is 10.6 Å². The van der Waals surface area contributed by atoms with Gasteiger partial charge in [0.25, 0.3) is 0 Å². The van der Waals surface area contributed by atoms with E-state index in [-0.39, 0.29) is 11.8 Å². The first-order valence-corrected chi connectivity index (χ1v) is 6.02. The van der Waals surface area contributed by atoms with Gasteiger partial charge in [-0.3, -0.25) is 4.79 Å². The molecule has 0 aliphatic rings. The minimum Gasteiger partial charge on any atom is -0.465 e. The Morgan fingerprint density at radius 3 is 2.81 bits per heavy atom. The number of esters is 1. The maximum absolute atomic E-state index is 13.5. The summed E-state index contributed by atoms with van der Waals surface area (Å²) in [6.45, 7) is 3.89. The quantitative estimate of drug-likeness (QED) is 0.629. The van der Waals surface area contributed by atoms with Crippen LogP contribution in [0.2, 0.25) is 0 Å². The Kier molecular flexibility index (Phi) is 4.93. The van der Waals surface area contributed by atoms with Crippen molar-refractivity contribution in [2.75, 3.05) is 6.61 Å². The second-order valence-corrected chi connectivity index (χ2v) is 4.62. The predicted molar refractivity (Wildman–Crippen MR) is 64.2 cm³/mol. The highest BCUT2D eigenvalue weighted by atomic mass is 79.9. The van der Waals surface area contributed by atoms with Crippen molar-refractivity contribution >= 4 is 21.9 Å². The van der Waals surface area contributed by atoms with E-state index in [9.17, 15) is 9.18 Å². The second kappa shape index (κ2) is 5.99. The van der Waals surface area contributed by atoms with Crippen LogP contribution >= 0.6 is 15.9 Å². The standard InChI is InChI=1S/C12H14BrFO2/c1-3-16-12(15)10(13)7-9-5-4-8(2)6-11(9)14/h4-6,10H,3,7H2,1-2H3. The van der Waals surface area contributed by atoms with E-state index in [0.717, 1.165) is 5.56 Å². The molecule has 0 spiro atoms. The van der Waals surface area contributed by atoms with E-state index >= 15 is 0 Å². The van der Waals surface area contributed by atoms with E-state index in [0.29, 0.717) is 18.6 Å². The fourth-order valence-corrected chi connectivity index (χ4v) is 1.81. The molecule has 1 aromatic rings. The van der Waals surface area contributed by atoms with Gasteiger partial charge in [-0.2, -0.15) is 0 Å². The highest BCUT2D eigenvalue weighted by Gasteiger charge is 2.18. The molecular formula is C12H14BrFO2. The fraction of sp³-hybridized carbons (Fsp3) is 0.417. The fourth-order valence-electron chi connectivity index (χ4n) is 1.33. The predicted octanol–water partition coefficient (Wildman–Crippen LogP) is 3.00. The summed E-state index contributed by atoms with van der Waals surface area (Å²) in [6.07, 6.45) is 0.297. The highest BCUT2D eigenvalue weighted by Crippen LogP contribution is 2.16. The third-order valence-electron chi connectivity index (χ3n) is 2.15. The minimum atomic E-state index is -0.496. The molecule has 0 aliphatic heterocycles. The number of benzene rings is 1. The van der Waals surface area contributed by atoms with Gasteiger partial charge in [-0.25, -0.2) is 4.39 Å². The van der Waals surface area contributed by atoms with Crippen LogP contribution in [-0.4, -0.2) is 17.4 Å². The van der Waals surface area contributed by atoms with Crippen LogP contribution in [0, 0.1) is 12.7 Å². The molecule has 1 unspecified atom stereocenters. The number of hydrogen-bond acceptors (Lipinski definition) is 2. The molecule has 0 saturated carbocycles. The van der Waals surface area contributed by atoms with Gasteiger partial charge < -0.3 is 4.74 Å². The first-order chi connectivity index (χ1) is 7.54. The van der Waals surface area contributed by atoms with Crippen molar-refractivity contribution < 1.29 is 13.9 Å². The van der Waals surface area contributed by atoms with E-state index in [2.05, 4.69) is 15.9 Å². The summed E-state index contributed by atoms with van der Waals surface area (Å²) in [5.41, 5.74) is 1.38. The second-order valence-electron chi connectivity index (χ2n) is 3.52. The Hall–Kier alpha value is -0.900. The minimum absolute atomic E-state index is 0.284. The summed E-state index contributed by atoms with van der Waals surface area (Å²) in [5.74, 6) is -0.642. The molecule has 4 heteroatoms. The van der Waals surface area contributed by atoms with Gasteiger partial charge in [0.05, 0.1) is 6.61 Å². The van der Waals surface area contributed by atoms with Crippen molar-refractivity contribution in [2.24, 2.45) is 0 Å². The molecule has 0 bridgehead atoms. The van der Waals surface area contributed by atoms with Crippen molar-refractivity contribution in [3.8, 4) is 0 Å². The van der Waals surface area contributed by atoms with Crippen LogP contribution in [0.1, 0.15) is 18.1 Å². The molecule has 2 nitrogen and oxygen atoms in total. The van der Waals surface area contributed by atoms with Gasteiger partial charge in [-0.1, -0.05) is 28.1 Å². The lowest BCUT2D eigenvalue weighted by Crippen LogP contribution is -2.20. The maximum atomic E-state index is 13.5. The zero-order valence-electron chi connectivity index (χ0n) is 9.30. The van der Waals surface area contributed by atoms with Gasteiger partial charge >= 0.3 is 5.97 Å². The van der Waals surface area contributed by atoms with Gasteiger partial charge in [0, 0.05) is 0 Å². The number of ether oxygens (including phenoxy) is 1. The van der Waals surface area contributed by atoms with Crippen LogP contribution in [0.5, 0.6) is 0 Å². The van der Waals surface area contributed by atoms with Crippen LogP contribution in [0.15, 0.2) is 18.2 Å². The SMILES string of the molecule is CCOC(=O)C(Br)Cc1ccc(C)cc1F. The number of alkyl halides is 1. The molecule has 0 fully saturated rings. The van der Waals surface area contributed by atoms with E-state index < -0.39 is 4.83 Å². The summed E-state index contributed by atoms with van der Waals surface area (Å²) in [4.78, 5) is 10.8. The number of rotatable bonds is 4.